The summed E-state index contributed by atoms with van der Waals surface area (Å²) in [6.07, 6.45) is 0.304. The van der Waals surface area contributed by atoms with Gasteiger partial charge in [0.1, 0.15) is 17.1 Å². The maximum atomic E-state index is 13.5. The van der Waals surface area contributed by atoms with Crippen molar-refractivity contribution in [3.63, 3.8) is 0 Å². The largest absolute Gasteiger partial charge is 0.419 e. The van der Waals surface area contributed by atoms with Gasteiger partial charge in [0.15, 0.2) is 0 Å². The lowest BCUT2D eigenvalue weighted by Gasteiger charge is -2.21. The highest BCUT2D eigenvalue weighted by molar-refractivity contribution is 6.43. The number of terminal acetylenes is 1. The number of Topliss-reactive ketones (excluding diaryl/α,β-unsaturated/α-hetero) is 1. The predicted octanol–water partition coefficient (Wildman–Crippen LogP) is 2.74. The number of aliphatic hydroxyl groups excluding tert-OH is 1. The molecule has 33 heavy (non-hydrogen) atoms. The van der Waals surface area contributed by atoms with E-state index in [9.17, 15) is 37.1 Å². The molecule has 0 fully saturated rings. The fourth-order valence-electron chi connectivity index (χ4n) is 3.19. The number of hydrogen-bond acceptors (Lipinski definition) is 4. The number of carbonyl (C=O) groups excluding carboxylic acids is 3. The third-order valence-electron chi connectivity index (χ3n) is 5.13. The van der Waals surface area contributed by atoms with Crippen molar-refractivity contribution < 1.29 is 37.1 Å². The molecule has 1 aromatic heterocycles. The van der Waals surface area contributed by atoms with Gasteiger partial charge in [0.25, 0.3) is 17.6 Å². The Kier molecular flexibility index (Phi) is 7.04. The number of amides is 2. The van der Waals surface area contributed by atoms with Crippen LogP contribution in [0.25, 0.3) is 0 Å². The SMILES string of the molecule is C#C[C@@](C)(CO)NC(=O)C(=O)c1c(C)c(C(=O)Nc2ccc(F)c(C(F)(F)F)c2)n(C)c1C. The maximum Gasteiger partial charge on any atom is 0.419 e. The van der Waals surface area contributed by atoms with E-state index in [1.54, 1.807) is 0 Å². The Labute approximate surface area is 186 Å². The molecule has 0 unspecified atom stereocenters. The minimum Gasteiger partial charge on any atom is -0.393 e. The highest BCUT2D eigenvalue weighted by Crippen LogP contribution is 2.33. The molecule has 11 heteroatoms. The zero-order valence-electron chi connectivity index (χ0n) is 18.1. The number of rotatable bonds is 6. The van der Waals surface area contributed by atoms with E-state index in [1.807, 2.05) is 0 Å². The van der Waals surface area contributed by atoms with Crippen molar-refractivity contribution in [2.24, 2.45) is 7.05 Å². The van der Waals surface area contributed by atoms with Crippen molar-refractivity contribution in [2.45, 2.75) is 32.5 Å². The molecule has 176 valence electrons. The van der Waals surface area contributed by atoms with E-state index < -0.39 is 47.3 Å². The van der Waals surface area contributed by atoms with Crippen molar-refractivity contribution in [3.8, 4) is 12.3 Å². The number of carbonyl (C=O) groups is 3. The van der Waals surface area contributed by atoms with Crippen LogP contribution in [0.15, 0.2) is 18.2 Å². The minimum atomic E-state index is -4.96. The van der Waals surface area contributed by atoms with Gasteiger partial charge in [-0.1, -0.05) is 5.92 Å². The summed E-state index contributed by atoms with van der Waals surface area (Å²) in [5.41, 5.74) is -3.21. The van der Waals surface area contributed by atoms with Crippen molar-refractivity contribution in [2.75, 3.05) is 11.9 Å². The number of aliphatic hydroxyl groups is 1. The fraction of sp³-hybridized carbons (Fsp3) is 0.318. The lowest BCUT2D eigenvalue weighted by Crippen LogP contribution is -2.50. The van der Waals surface area contributed by atoms with Crippen LogP contribution in [0.2, 0.25) is 0 Å². The first-order valence-corrected chi connectivity index (χ1v) is 9.46. The standard InChI is InChI=1S/C22H21F4N3O4/c1-6-21(4,10-30)28-20(33)18(31)16-11(2)17(29(5)12(16)3)19(32)27-13-7-8-15(23)14(9-13)22(24,25)26/h1,7-9,30H,10H2,2-5H3,(H,27,32)(H,28,33)/t21-/m0/s1. The molecule has 1 heterocycles. The van der Waals surface area contributed by atoms with Gasteiger partial charge in [0.2, 0.25) is 0 Å². The number of nitrogens with one attached hydrogen (secondary N) is 2. The van der Waals surface area contributed by atoms with Crippen LogP contribution in [-0.2, 0) is 18.0 Å². The summed E-state index contributed by atoms with van der Waals surface area (Å²) < 4.78 is 53.6. The average Bonchev–Trinajstić information content (AvgIpc) is 2.96. The minimum absolute atomic E-state index is 0.0941. The van der Waals surface area contributed by atoms with Crippen LogP contribution in [0.3, 0.4) is 0 Å². The quantitative estimate of drug-likeness (QED) is 0.263. The first kappa shape index (κ1) is 25.6. The molecule has 0 aliphatic heterocycles. The molecular weight excluding hydrogens is 446 g/mol. The summed E-state index contributed by atoms with van der Waals surface area (Å²) in [5.74, 6) is -2.33. The van der Waals surface area contributed by atoms with E-state index >= 15 is 0 Å². The predicted molar refractivity (Wildman–Crippen MR) is 111 cm³/mol. The van der Waals surface area contributed by atoms with Gasteiger partial charge < -0.3 is 20.3 Å². The monoisotopic (exact) mass is 467 g/mol. The Hall–Kier alpha value is -3.65. The van der Waals surface area contributed by atoms with Gasteiger partial charge in [-0.25, -0.2) is 4.39 Å². The van der Waals surface area contributed by atoms with Crippen LogP contribution in [-0.4, -0.2) is 39.4 Å². The van der Waals surface area contributed by atoms with E-state index in [1.165, 1.54) is 32.4 Å². The summed E-state index contributed by atoms with van der Waals surface area (Å²) in [6, 6.07) is 1.99. The van der Waals surface area contributed by atoms with Gasteiger partial charge in [-0.15, -0.1) is 6.42 Å². The van der Waals surface area contributed by atoms with Gasteiger partial charge in [0.05, 0.1) is 17.7 Å². The topological polar surface area (TPSA) is 100 Å². The Morgan fingerprint density at radius 3 is 2.33 bits per heavy atom. The van der Waals surface area contributed by atoms with Crippen molar-refractivity contribution in [1.82, 2.24) is 9.88 Å². The summed E-state index contributed by atoms with van der Waals surface area (Å²) in [7, 11) is 1.43. The van der Waals surface area contributed by atoms with Gasteiger partial charge in [0, 0.05) is 18.4 Å². The van der Waals surface area contributed by atoms with Gasteiger partial charge >= 0.3 is 6.18 Å². The van der Waals surface area contributed by atoms with E-state index in [0.29, 0.717) is 12.1 Å². The molecule has 7 nitrogen and oxygen atoms in total. The second kappa shape index (κ2) is 9.07. The summed E-state index contributed by atoms with van der Waals surface area (Å²) >= 11 is 0. The maximum absolute atomic E-state index is 13.5. The van der Waals surface area contributed by atoms with E-state index in [4.69, 9.17) is 6.42 Å². The van der Waals surface area contributed by atoms with E-state index in [2.05, 4.69) is 16.6 Å². The molecule has 1 atom stereocenters. The molecule has 2 rings (SSSR count). The molecule has 2 amide bonds. The lowest BCUT2D eigenvalue weighted by molar-refractivity contribution is -0.140. The Balaban J connectivity index is 2.40. The first-order valence-electron chi connectivity index (χ1n) is 9.46. The molecule has 1 aromatic carbocycles. The smallest absolute Gasteiger partial charge is 0.393 e. The molecule has 2 aromatic rings. The van der Waals surface area contributed by atoms with Crippen LogP contribution in [0.1, 0.15) is 44.6 Å². The van der Waals surface area contributed by atoms with Crippen LogP contribution in [0.4, 0.5) is 23.2 Å². The Morgan fingerprint density at radius 2 is 1.82 bits per heavy atom. The number of benzene rings is 1. The number of halogens is 4. The first-order chi connectivity index (χ1) is 15.2. The third kappa shape index (κ3) is 5.06. The fourth-order valence-corrected chi connectivity index (χ4v) is 3.19. The highest BCUT2D eigenvalue weighted by atomic mass is 19.4. The number of aromatic nitrogens is 1. The van der Waals surface area contributed by atoms with Gasteiger partial charge in [-0.2, -0.15) is 13.2 Å². The number of alkyl halides is 3. The highest BCUT2D eigenvalue weighted by Gasteiger charge is 2.35. The number of ketones is 1. The van der Waals surface area contributed by atoms with Crippen LogP contribution >= 0.6 is 0 Å². The second-order valence-electron chi connectivity index (χ2n) is 7.56. The summed E-state index contributed by atoms with van der Waals surface area (Å²) in [5, 5.41) is 13.8. The normalized spacial score (nSPS) is 13.1. The second-order valence-corrected chi connectivity index (χ2v) is 7.56. The van der Waals surface area contributed by atoms with Crippen molar-refractivity contribution in [3.05, 3.63) is 52.1 Å². The molecule has 0 radical (unpaired) electrons. The molecule has 3 N–H and O–H groups in total. The number of anilines is 1. The van der Waals surface area contributed by atoms with Crippen LogP contribution in [0.5, 0.6) is 0 Å². The van der Waals surface area contributed by atoms with Crippen molar-refractivity contribution in [1.29, 1.82) is 0 Å². The van der Waals surface area contributed by atoms with E-state index in [-0.39, 0.29) is 28.2 Å². The van der Waals surface area contributed by atoms with Crippen LogP contribution < -0.4 is 10.6 Å². The molecule has 0 aliphatic rings. The Bertz CT molecular complexity index is 1180. The molecular formula is C22H21F4N3O4. The van der Waals surface area contributed by atoms with Gasteiger partial charge in [-0.3, -0.25) is 14.4 Å². The molecule has 0 aliphatic carbocycles. The third-order valence-corrected chi connectivity index (χ3v) is 5.13. The summed E-state index contributed by atoms with van der Waals surface area (Å²) in [4.78, 5) is 38.0. The molecule has 0 saturated heterocycles. The van der Waals surface area contributed by atoms with Crippen LogP contribution in [0, 0.1) is 32.0 Å². The zero-order valence-corrected chi connectivity index (χ0v) is 18.1. The average molecular weight is 467 g/mol. The molecule has 0 saturated carbocycles. The molecule has 0 spiro atoms. The lowest BCUT2D eigenvalue weighted by atomic mass is 10.0. The summed E-state index contributed by atoms with van der Waals surface area (Å²) in [6.45, 7) is 3.57. The molecule has 0 bridgehead atoms. The van der Waals surface area contributed by atoms with E-state index in [0.717, 1.165) is 6.07 Å². The Morgan fingerprint density at radius 1 is 1.21 bits per heavy atom. The van der Waals surface area contributed by atoms with Crippen molar-refractivity contribution >= 4 is 23.3 Å². The van der Waals surface area contributed by atoms with Gasteiger partial charge in [-0.05, 0) is 44.5 Å². The number of nitrogens with zero attached hydrogens (tertiary/aromatic N) is 1. The zero-order chi connectivity index (χ0) is 25.3. The number of hydrogen-bond donors (Lipinski definition) is 3.